The highest BCUT2D eigenvalue weighted by Crippen LogP contribution is 2.31. The van der Waals surface area contributed by atoms with Gasteiger partial charge in [0.05, 0.1) is 21.1 Å². The van der Waals surface area contributed by atoms with Crippen molar-refractivity contribution in [1.82, 2.24) is 19.9 Å². The Labute approximate surface area is 151 Å². The van der Waals surface area contributed by atoms with Crippen molar-refractivity contribution in [3.63, 3.8) is 0 Å². The zero-order valence-electron chi connectivity index (χ0n) is 13.3. The molecule has 0 aliphatic rings. The predicted octanol–water partition coefficient (Wildman–Crippen LogP) is 3.99. The van der Waals surface area contributed by atoms with Gasteiger partial charge < -0.3 is 9.84 Å². The molecule has 0 spiro atoms. The molecule has 0 atom stereocenters. The Morgan fingerprint density at radius 3 is 2.84 bits per heavy atom. The number of hydrogen-bond acceptors (Lipinski definition) is 6. The summed E-state index contributed by atoms with van der Waals surface area (Å²) >= 11 is 7.63. The van der Waals surface area contributed by atoms with Gasteiger partial charge in [-0.05, 0) is 26.0 Å². The number of aryl methyl sites for hydroxylation is 2. The number of halogens is 1. The van der Waals surface area contributed by atoms with Crippen LogP contribution in [-0.2, 0) is 0 Å². The van der Waals surface area contributed by atoms with Gasteiger partial charge in [-0.15, -0.1) is 0 Å². The number of hydrogen-bond donors (Lipinski definition) is 1. The maximum absolute atomic E-state index is 12.3. The summed E-state index contributed by atoms with van der Waals surface area (Å²) in [6.07, 6.45) is 0. The number of carbonyl (C=O) groups is 1. The maximum Gasteiger partial charge on any atom is 0.295 e. The van der Waals surface area contributed by atoms with E-state index in [-0.39, 0.29) is 5.76 Å². The van der Waals surface area contributed by atoms with Crippen LogP contribution in [0.3, 0.4) is 0 Å². The topological polar surface area (TPSA) is 85.8 Å². The fourth-order valence-electron chi connectivity index (χ4n) is 2.38. The molecule has 4 rings (SSSR count). The SMILES string of the molecule is Cc1cc(C(=O)Nc2cc(C)nn2-c2nc3c(Cl)cccc3s2)on1. The molecule has 0 radical (unpaired) electrons. The van der Waals surface area contributed by atoms with Crippen LogP contribution in [0.15, 0.2) is 34.9 Å². The van der Waals surface area contributed by atoms with Gasteiger partial charge in [-0.2, -0.15) is 9.78 Å². The molecule has 7 nitrogen and oxygen atoms in total. The molecule has 1 N–H and O–H groups in total. The Morgan fingerprint density at radius 1 is 1.28 bits per heavy atom. The van der Waals surface area contributed by atoms with Crippen molar-refractivity contribution in [3.05, 3.63) is 52.5 Å². The first-order valence-corrected chi connectivity index (χ1v) is 8.57. The number of anilines is 1. The van der Waals surface area contributed by atoms with Crippen molar-refractivity contribution >= 4 is 44.9 Å². The van der Waals surface area contributed by atoms with Crippen molar-refractivity contribution in [2.24, 2.45) is 0 Å². The van der Waals surface area contributed by atoms with Gasteiger partial charge in [-0.25, -0.2) is 4.98 Å². The molecule has 0 fully saturated rings. The number of para-hydroxylation sites is 1. The monoisotopic (exact) mass is 373 g/mol. The van der Waals surface area contributed by atoms with E-state index >= 15 is 0 Å². The third-order valence-corrected chi connectivity index (χ3v) is 4.77. The first-order chi connectivity index (χ1) is 12.0. The molecule has 3 aromatic heterocycles. The fraction of sp³-hybridized carbons (Fsp3) is 0.125. The molecule has 0 unspecified atom stereocenters. The zero-order valence-corrected chi connectivity index (χ0v) is 14.9. The van der Waals surface area contributed by atoms with Gasteiger partial charge in [0.1, 0.15) is 11.3 Å². The van der Waals surface area contributed by atoms with Crippen LogP contribution >= 0.6 is 22.9 Å². The maximum atomic E-state index is 12.3. The molecular formula is C16H12ClN5O2S. The Bertz CT molecular complexity index is 1100. The summed E-state index contributed by atoms with van der Waals surface area (Å²) in [5.41, 5.74) is 2.09. The van der Waals surface area contributed by atoms with E-state index in [0.29, 0.717) is 27.2 Å². The lowest BCUT2D eigenvalue weighted by atomic mass is 10.3. The van der Waals surface area contributed by atoms with Crippen LogP contribution in [-0.4, -0.2) is 25.8 Å². The molecule has 1 amide bonds. The quantitative estimate of drug-likeness (QED) is 0.586. The molecule has 9 heteroatoms. The van der Waals surface area contributed by atoms with Gasteiger partial charge in [0.15, 0.2) is 0 Å². The van der Waals surface area contributed by atoms with E-state index in [9.17, 15) is 4.79 Å². The Kier molecular flexibility index (Phi) is 3.78. The summed E-state index contributed by atoms with van der Waals surface area (Å²) in [5.74, 6) is 0.225. The Hall–Kier alpha value is -2.71. The minimum Gasteiger partial charge on any atom is -0.351 e. The van der Waals surface area contributed by atoms with Crippen LogP contribution in [0, 0.1) is 13.8 Å². The molecule has 126 valence electrons. The van der Waals surface area contributed by atoms with Crippen LogP contribution in [0.25, 0.3) is 15.3 Å². The van der Waals surface area contributed by atoms with Crippen LogP contribution in [0.2, 0.25) is 5.02 Å². The van der Waals surface area contributed by atoms with E-state index in [1.165, 1.54) is 11.3 Å². The second-order valence-corrected chi connectivity index (χ2v) is 6.87. The first kappa shape index (κ1) is 15.8. The number of nitrogens with zero attached hydrogens (tertiary/aromatic N) is 4. The molecular weight excluding hydrogens is 362 g/mol. The molecule has 25 heavy (non-hydrogen) atoms. The minimum atomic E-state index is -0.402. The van der Waals surface area contributed by atoms with Crippen molar-refractivity contribution < 1.29 is 9.32 Å². The van der Waals surface area contributed by atoms with Gasteiger partial charge >= 0.3 is 0 Å². The molecule has 3 heterocycles. The number of aromatic nitrogens is 4. The van der Waals surface area contributed by atoms with Crippen LogP contribution in [0.4, 0.5) is 5.82 Å². The number of fused-ring (bicyclic) bond motifs is 1. The van der Waals surface area contributed by atoms with Gasteiger partial charge in [-0.3, -0.25) is 4.79 Å². The van der Waals surface area contributed by atoms with Gasteiger partial charge in [0.25, 0.3) is 5.91 Å². The van der Waals surface area contributed by atoms with Crippen LogP contribution in [0.1, 0.15) is 21.9 Å². The number of rotatable bonds is 3. The number of carbonyl (C=O) groups excluding carboxylic acids is 1. The third kappa shape index (κ3) is 2.90. The highest BCUT2D eigenvalue weighted by Gasteiger charge is 2.18. The summed E-state index contributed by atoms with van der Waals surface area (Å²) in [5, 5.41) is 12.1. The van der Waals surface area contributed by atoms with E-state index in [0.717, 1.165) is 10.4 Å². The lowest BCUT2D eigenvalue weighted by Crippen LogP contribution is -2.14. The van der Waals surface area contributed by atoms with Crippen LogP contribution < -0.4 is 5.32 Å². The van der Waals surface area contributed by atoms with E-state index in [4.69, 9.17) is 16.1 Å². The molecule has 4 aromatic rings. The summed E-state index contributed by atoms with van der Waals surface area (Å²) < 4.78 is 7.52. The van der Waals surface area contributed by atoms with Crippen molar-refractivity contribution in [2.45, 2.75) is 13.8 Å². The number of nitrogens with one attached hydrogen (secondary N) is 1. The third-order valence-electron chi connectivity index (χ3n) is 3.46. The second-order valence-electron chi connectivity index (χ2n) is 5.45. The van der Waals surface area contributed by atoms with Gasteiger partial charge in [0.2, 0.25) is 10.9 Å². The van der Waals surface area contributed by atoms with Crippen molar-refractivity contribution in [3.8, 4) is 5.13 Å². The van der Waals surface area contributed by atoms with E-state index < -0.39 is 5.91 Å². The van der Waals surface area contributed by atoms with Gasteiger partial charge in [-0.1, -0.05) is 34.2 Å². The van der Waals surface area contributed by atoms with Crippen LogP contribution in [0.5, 0.6) is 0 Å². The largest absolute Gasteiger partial charge is 0.351 e. The molecule has 0 bridgehead atoms. The number of amides is 1. The number of thiazole rings is 1. The molecule has 0 aliphatic carbocycles. The highest BCUT2D eigenvalue weighted by molar-refractivity contribution is 7.20. The standard InChI is InChI=1S/C16H12ClN5O2S/c1-8-7-13(18-15(23)11-6-9(2)21-24-11)22(20-8)16-19-14-10(17)4-3-5-12(14)25-16/h3-7H,1-2H3,(H,18,23). The molecule has 0 saturated heterocycles. The summed E-state index contributed by atoms with van der Waals surface area (Å²) in [7, 11) is 0. The normalized spacial score (nSPS) is 11.2. The predicted molar refractivity (Wildman–Crippen MR) is 95.7 cm³/mol. The summed E-state index contributed by atoms with van der Waals surface area (Å²) in [6.45, 7) is 3.59. The Balaban J connectivity index is 1.73. The molecule has 1 aromatic carbocycles. The fourth-order valence-corrected chi connectivity index (χ4v) is 3.61. The van der Waals surface area contributed by atoms with E-state index in [2.05, 4.69) is 20.6 Å². The average molecular weight is 374 g/mol. The lowest BCUT2D eigenvalue weighted by molar-refractivity contribution is 0.0987. The van der Waals surface area contributed by atoms with Gasteiger partial charge in [0, 0.05) is 12.1 Å². The molecule has 0 aliphatic heterocycles. The number of benzene rings is 1. The molecule has 0 saturated carbocycles. The summed E-state index contributed by atoms with van der Waals surface area (Å²) in [4.78, 5) is 16.9. The van der Waals surface area contributed by atoms with Crippen molar-refractivity contribution in [1.29, 1.82) is 0 Å². The first-order valence-electron chi connectivity index (χ1n) is 7.38. The average Bonchev–Trinajstić information content (AvgIpc) is 3.26. The minimum absolute atomic E-state index is 0.134. The lowest BCUT2D eigenvalue weighted by Gasteiger charge is -2.04. The summed E-state index contributed by atoms with van der Waals surface area (Å²) in [6, 6.07) is 8.93. The second kappa shape index (κ2) is 5.98. The Morgan fingerprint density at radius 2 is 2.12 bits per heavy atom. The van der Waals surface area contributed by atoms with E-state index in [1.807, 2.05) is 19.1 Å². The smallest absolute Gasteiger partial charge is 0.295 e. The van der Waals surface area contributed by atoms with Crippen molar-refractivity contribution in [2.75, 3.05) is 5.32 Å². The highest BCUT2D eigenvalue weighted by atomic mass is 35.5. The van der Waals surface area contributed by atoms with E-state index in [1.54, 1.807) is 29.8 Å². The zero-order chi connectivity index (χ0) is 17.6.